The second-order valence-corrected chi connectivity index (χ2v) is 5.31. The third-order valence-electron chi connectivity index (χ3n) is 3.55. The highest BCUT2D eigenvalue weighted by atomic mass is 16.4. The van der Waals surface area contributed by atoms with E-state index < -0.39 is 5.97 Å². The molecule has 0 spiro atoms. The predicted molar refractivity (Wildman–Crippen MR) is 79.0 cm³/mol. The van der Waals surface area contributed by atoms with Gasteiger partial charge in [-0.3, -0.25) is 4.79 Å². The summed E-state index contributed by atoms with van der Waals surface area (Å²) in [6, 6.07) is 0. The maximum absolute atomic E-state index is 10.8. The molecule has 3 nitrogen and oxygen atoms in total. The van der Waals surface area contributed by atoms with Crippen LogP contribution in [0.1, 0.15) is 84.0 Å². The smallest absolute Gasteiger partial charge is 0.310 e. The van der Waals surface area contributed by atoms with Crippen LogP contribution in [0.5, 0.6) is 0 Å². The molecular formula is C16H31O3. The van der Waals surface area contributed by atoms with Crippen LogP contribution in [0.2, 0.25) is 0 Å². The van der Waals surface area contributed by atoms with Crippen LogP contribution in [0.15, 0.2) is 0 Å². The first-order valence-electron chi connectivity index (χ1n) is 7.91. The Bertz CT molecular complexity index is 204. The summed E-state index contributed by atoms with van der Waals surface area (Å²) in [5.41, 5.74) is 0. The molecule has 0 aromatic heterocycles. The molecule has 0 aliphatic heterocycles. The van der Waals surface area contributed by atoms with Crippen molar-refractivity contribution in [2.75, 3.05) is 6.61 Å². The zero-order chi connectivity index (χ0) is 14.3. The van der Waals surface area contributed by atoms with Crippen LogP contribution in [-0.2, 0) is 4.79 Å². The molecular weight excluding hydrogens is 240 g/mol. The van der Waals surface area contributed by atoms with Crippen LogP contribution in [0, 0.1) is 5.92 Å². The minimum absolute atomic E-state index is 0.0562. The van der Waals surface area contributed by atoms with Crippen molar-refractivity contribution in [3.8, 4) is 0 Å². The number of aliphatic carboxylic acids is 1. The fourth-order valence-corrected chi connectivity index (χ4v) is 2.30. The fourth-order valence-electron chi connectivity index (χ4n) is 2.30. The van der Waals surface area contributed by atoms with Gasteiger partial charge in [-0.1, -0.05) is 71.1 Å². The average Bonchev–Trinajstić information content (AvgIpc) is 2.39. The highest BCUT2D eigenvalue weighted by Gasteiger charge is 2.16. The minimum atomic E-state index is -0.843. The largest absolute Gasteiger partial charge is 0.481 e. The molecule has 3 heteroatoms. The van der Waals surface area contributed by atoms with E-state index >= 15 is 0 Å². The predicted octanol–water partition coefficient (Wildman–Crippen LogP) is 4.34. The SMILES string of the molecule is CCCCCCCCCCCC[C](CCO)C(=O)O. The van der Waals surface area contributed by atoms with E-state index in [4.69, 9.17) is 10.2 Å². The summed E-state index contributed by atoms with van der Waals surface area (Å²) in [5, 5.41) is 17.7. The Morgan fingerprint density at radius 2 is 1.26 bits per heavy atom. The van der Waals surface area contributed by atoms with E-state index in [0.717, 1.165) is 12.8 Å². The molecule has 0 saturated carbocycles. The van der Waals surface area contributed by atoms with Gasteiger partial charge >= 0.3 is 5.97 Å². The van der Waals surface area contributed by atoms with Gasteiger partial charge in [-0.15, -0.1) is 0 Å². The van der Waals surface area contributed by atoms with Crippen LogP contribution >= 0.6 is 0 Å². The number of carboxylic acid groups (broad SMARTS) is 1. The van der Waals surface area contributed by atoms with E-state index in [0.29, 0.717) is 18.8 Å². The van der Waals surface area contributed by atoms with Gasteiger partial charge in [0.05, 0.1) is 5.92 Å². The molecule has 113 valence electrons. The average molecular weight is 271 g/mol. The van der Waals surface area contributed by atoms with Crippen molar-refractivity contribution in [2.45, 2.75) is 84.0 Å². The summed E-state index contributed by atoms with van der Waals surface area (Å²) >= 11 is 0. The van der Waals surface area contributed by atoms with Crippen molar-refractivity contribution in [1.29, 1.82) is 0 Å². The Labute approximate surface area is 118 Å². The molecule has 0 rings (SSSR count). The molecule has 19 heavy (non-hydrogen) atoms. The lowest BCUT2D eigenvalue weighted by Crippen LogP contribution is -2.12. The van der Waals surface area contributed by atoms with Crippen molar-refractivity contribution in [3.63, 3.8) is 0 Å². The van der Waals surface area contributed by atoms with Gasteiger partial charge in [-0.25, -0.2) is 0 Å². The van der Waals surface area contributed by atoms with Crippen molar-refractivity contribution >= 4 is 5.97 Å². The highest BCUT2D eigenvalue weighted by molar-refractivity contribution is 5.82. The first kappa shape index (κ1) is 18.4. The van der Waals surface area contributed by atoms with Crippen LogP contribution in [0.3, 0.4) is 0 Å². The lowest BCUT2D eigenvalue weighted by atomic mass is 9.97. The third kappa shape index (κ3) is 12.2. The van der Waals surface area contributed by atoms with Crippen LogP contribution in [0.4, 0.5) is 0 Å². The lowest BCUT2D eigenvalue weighted by molar-refractivity contribution is -0.135. The maximum Gasteiger partial charge on any atom is 0.310 e. The lowest BCUT2D eigenvalue weighted by Gasteiger charge is -2.09. The number of hydrogen-bond acceptors (Lipinski definition) is 2. The van der Waals surface area contributed by atoms with Crippen molar-refractivity contribution in [3.05, 3.63) is 5.92 Å². The quantitative estimate of drug-likeness (QED) is 0.462. The third-order valence-corrected chi connectivity index (χ3v) is 3.55. The number of carboxylic acids is 1. The first-order chi connectivity index (χ1) is 9.22. The van der Waals surface area contributed by atoms with Gasteiger partial charge < -0.3 is 10.2 Å². The van der Waals surface area contributed by atoms with Crippen molar-refractivity contribution < 1.29 is 15.0 Å². The van der Waals surface area contributed by atoms with E-state index in [9.17, 15) is 4.79 Å². The number of aliphatic hydroxyl groups excluding tert-OH is 1. The molecule has 0 aliphatic carbocycles. The van der Waals surface area contributed by atoms with Crippen molar-refractivity contribution in [1.82, 2.24) is 0 Å². The molecule has 0 aromatic carbocycles. The molecule has 1 radical (unpaired) electrons. The summed E-state index contributed by atoms with van der Waals surface area (Å²) in [4.78, 5) is 10.8. The zero-order valence-electron chi connectivity index (χ0n) is 12.5. The molecule has 0 heterocycles. The molecule has 0 saturated heterocycles. The molecule has 0 atom stereocenters. The second-order valence-electron chi connectivity index (χ2n) is 5.31. The molecule has 0 fully saturated rings. The normalized spacial score (nSPS) is 11.1. The van der Waals surface area contributed by atoms with Gasteiger partial charge in [0.2, 0.25) is 0 Å². The molecule has 0 aromatic rings. The Morgan fingerprint density at radius 3 is 1.68 bits per heavy atom. The molecule has 0 bridgehead atoms. The number of rotatable bonds is 14. The standard InChI is InChI=1S/C16H31O3/c1-2-3-4-5-6-7-8-9-10-11-12-15(13-14-17)16(18)19/h17H,2-14H2,1H3,(H,18,19). The number of unbranched alkanes of at least 4 members (excludes halogenated alkanes) is 9. The van der Waals surface area contributed by atoms with E-state index in [1.807, 2.05) is 0 Å². The van der Waals surface area contributed by atoms with E-state index in [1.165, 1.54) is 51.4 Å². The van der Waals surface area contributed by atoms with Crippen LogP contribution in [0.25, 0.3) is 0 Å². The number of carbonyl (C=O) groups is 1. The summed E-state index contributed by atoms with van der Waals surface area (Å²) in [6.07, 6.45) is 13.5. The van der Waals surface area contributed by atoms with Crippen molar-refractivity contribution in [2.24, 2.45) is 0 Å². The van der Waals surface area contributed by atoms with Crippen LogP contribution in [-0.4, -0.2) is 22.8 Å². The summed E-state index contributed by atoms with van der Waals surface area (Å²) in [7, 11) is 0. The second kappa shape index (κ2) is 13.9. The summed E-state index contributed by atoms with van der Waals surface area (Å²) in [5.74, 6) is -0.368. The molecule has 2 N–H and O–H groups in total. The topological polar surface area (TPSA) is 57.5 Å². The first-order valence-corrected chi connectivity index (χ1v) is 7.91. The van der Waals surface area contributed by atoms with Gasteiger partial charge in [-0.2, -0.15) is 0 Å². The zero-order valence-corrected chi connectivity index (χ0v) is 12.5. The molecule has 0 aliphatic rings. The van der Waals surface area contributed by atoms with Crippen LogP contribution < -0.4 is 0 Å². The highest BCUT2D eigenvalue weighted by Crippen LogP contribution is 2.17. The van der Waals surface area contributed by atoms with E-state index in [2.05, 4.69) is 6.92 Å². The Balaban J connectivity index is 3.27. The number of hydrogen-bond donors (Lipinski definition) is 2. The summed E-state index contributed by atoms with van der Waals surface area (Å²) < 4.78 is 0. The summed E-state index contributed by atoms with van der Waals surface area (Å²) in [6.45, 7) is 2.18. The van der Waals surface area contributed by atoms with Gasteiger partial charge in [0, 0.05) is 6.61 Å². The molecule has 0 unspecified atom stereocenters. The Morgan fingerprint density at radius 1 is 0.789 bits per heavy atom. The minimum Gasteiger partial charge on any atom is -0.481 e. The Kier molecular flexibility index (Phi) is 13.4. The van der Waals surface area contributed by atoms with E-state index in [-0.39, 0.29) is 6.61 Å². The van der Waals surface area contributed by atoms with Gasteiger partial charge in [0.15, 0.2) is 0 Å². The van der Waals surface area contributed by atoms with Gasteiger partial charge in [0.1, 0.15) is 0 Å². The van der Waals surface area contributed by atoms with Gasteiger partial charge in [-0.05, 0) is 12.8 Å². The van der Waals surface area contributed by atoms with E-state index in [1.54, 1.807) is 0 Å². The van der Waals surface area contributed by atoms with Gasteiger partial charge in [0.25, 0.3) is 0 Å². The number of aliphatic hydroxyl groups is 1. The Hall–Kier alpha value is -0.570. The fraction of sp³-hybridized carbons (Fsp3) is 0.875. The maximum atomic E-state index is 10.8. The monoisotopic (exact) mass is 271 g/mol. The molecule has 0 amide bonds.